The maximum Gasteiger partial charge on any atom is 0.240 e. The van der Waals surface area contributed by atoms with E-state index < -0.39 is 10.0 Å². The molecule has 0 unspecified atom stereocenters. The van der Waals surface area contributed by atoms with Gasteiger partial charge in [-0.3, -0.25) is 0 Å². The van der Waals surface area contributed by atoms with Crippen LogP contribution in [0.15, 0.2) is 17.0 Å². The predicted molar refractivity (Wildman–Crippen MR) is 81.3 cm³/mol. The number of hydrogen-bond donors (Lipinski definition) is 2. The zero-order valence-electron chi connectivity index (χ0n) is 10.9. The number of benzene rings is 1. The molecule has 0 saturated heterocycles. The first kappa shape index (κ1) is 15.0. The lowest BCUT2D eigenvalue weighted by molar-refractivity contribution is 0.579. The van der Waals surface area contributed by atoms with E-state index in [0.717, 1.165) is 12.8 Å². The molecule has 106 valence electrons. The van der Waals surface area contributed by atoms with Crippen molar-refractivity contribution >= 4 is 39.1 Å². The second-order valence-corrected chi connectivity index (χ2v) is 8.27. The molecule has 1 aliphatic rings. The molecule has 0 spiro atoms. The van der Waals surface area contributed by atoms with E-state index in [1.807, 2.05) is 6.26 Å². The average Bonchev–Trinajstić information content (AvgIpc) is 3.12. The Morgan fingerprint density at radius 3 is 2.63 bits per heavy atom. The highest BCUT2D eigenvalue weighted by atomic mass is 35.5. The van der Waals surface area contributed by atoms with Crippen molar-refractivity contribution in [3.05, 3.63) is 22.7 Å². The summed E-state index contributed by atoms with van der Waals surface area (Å²) in [6.07, 6.45) is 4.11. The molecule has 1 fully saturated rings. The van der Waals surface area contributed by atoms with Crippen molar-refractivity contribution in [1.82, 2.24) is 4.72 Å². The summed E-state index contributed by atoms with van der Waals surface area (Å²) in [4.78, 5) is 0.200. The van der Waals surface area contributed by atoms with Gasteiger partial charge < -0.3 is 5.73 Å². The molecular weight excluding hydrogens is 304 g/mol. The second kappa shape index (κ2) is 5.16. The Hall–Kier alpha value is -0.430. The van der Waals surface area contributed by atoms with Crippen LogP contribution in [0.25, 0.3) is 0 Å². The van der Waals surface area contributed by atoms with Crippen LogP contribution in [0.4, 0.5) is 5.69 Å². The van der Waals surface area contributed by atoms with Gasteiger partial charge in [-0.15, -0.1) is 0 Å². The smallest absolute Gasteiger partial charge is 0.240 e. The standard InChI is InChI=1S/C12H17ClN2O2S2/c1-8-5-9(13)10(14)6-11(8)19(16,17)15-7-12(18-2)3-4-12/h5-6,15H,3-4,7,14H2,1-2H3. The van der Waals surface area contributed by atoms with Crippen molar-refractivity contribution in [2.75, 3.05) is 18.5 Å². The maximum atomic E-state index is 12.3. The van der Waals surface area contributed by atoms with E-state index in [0.29, 0.717) is 17.1 Å². The van der Waals surface area contributed by atoms with E-state index in [9.17, 15) is 8.42 Å². The molecule has 0 bridgehead atoms. The highest BCUT2D eigenvalue weighted by Crippen LogP contribution is 2.46. The van der Waals surface area contributed by atoms with Gasteiger partial charge in [-0.2, -0.15) is 11.8 Å². The summed E-state index contributed by atoms with van der Waals surface area (Å²) >= 11 is 7.59. The van der Waals surface area contributed by atoms with Gasteiger partial charge in [-0.1, -0.05) is 11.6 Å². The highest BCUT2D eigenvalue weighted by molar-refractivity contribution is 8.00. The van der Waals surface area contributed by atoms with Gasteiger partial charge in [0.2, 0.25) is 10.0 Å². The normalized spacial score (nSPS) is 17.4. The zero-order valence-corrected chi connectivity index (χ0v) is 13.3. The average molecular weight is 321 g/mol. The predicted octanol–water partition coefficient (Wildman–Crippen LogP) is 2.40. The Kier molecular flexibility index (Phi) is 4.07. The van der Waals surface area contributed by atoms with Crippen LogP contribution in [-0.2, 0) is 10.0 Å². The van der Waals surface area contributed by atoms with Gasteiger partial charge in [0.15, 0.2) is 0 Å². The molecule has 2 rings (SSSR count). The molecule has 1 aromatic carbocycles. The topological polar surface area (TPSA) is 72.2 Å². The van der Waals surface area contributed by atoms with Crippen LogP contribution >= 0.6 is 23.4 Å². The van der Waals surface area contributed by atoms with Crippen molar-refractivity contribution in [1.29, 1.82) is 0 Å². The fraction of sp³-hybridized carbons (Fsp3) is 0.500. The van der Waals surface area contributed by atoms with Gasteiger partial charge in [0.1, 0.15) is 0 Å². The number of thioether (sulfide) groups is 1. The van der Waals surface area contributed by atoms with Crippen LogP contribution in [0, 0.1) is 6.92 Å². The Morgan fingerprint density at radius 1 is 1.47 bits per heavy atom. The summed E-state index contributed by atoms with van der Waals surface area (Å²) in [5.41, 5.74) is 6.55. The van der Waals surface area contributed by atoms with E-state index in [1.54, 1.807) is 24.8 Å². The van der Waals surface area contributed by atoms with Crippen LogP contribution < -0.4 is 10.5 Å². The van der Waals surface area contributed by atoms with Crippen LogP contribution in [-0.4, -0.2) is 26.0 Å². The third kappa shape index (κ3) is 3.18. The molecule has 19 heavy (non-hydrogen) atoms. The van der Waals surface area contributed by atoms with Crippen LogP contribution in [0.5, 0.6) is 0 Å². The number of nitrogens with two attached hydrogens (primary N) is 1. The molecule has 1 saturated carbocycles. The molecule has 7 heteroatoms. The second-order valence-electron chi connectivity index (χ2n) is 4.85. The number of aryl methyl sites for hydroxylation is 1. The number of anilines is 1. The van der Waals surface area contributed by atoms with Crippen molar-refractivity contribution < 1.29 is 8.42 Å². The van der Waals surface area contributed by atoms with Crippen LogP contribution in [0.2, 0.25) is 5.02 Å². The molecule has 1 aliphatic carbocycles. The summed E-state index contributed by atoms with van der Waals surface area (Å²) in [7, 11) is -3.54. The molecule has 1 aromatic rings. The molecule has 0 aliphatic heterocycles. The van der Waals surface area contributed by atoms with E-state index >= 15 is 0 Å². The minimum Gasteiger partial charge on any atom is -0.397 e. The van der Waals surface area contributed by atoms with Crippen molar-refractivity contribution in [3.8, 4) is 0 Å². The third-order valence-electron chi connectivity index (χ3n) is 3.41. The summed E-state index contributed by atoms with van der Waals surface area (Å²) in [6.45, 7) is 2.17. The molecule has 0 heterocycles. The van der Waals surface area contributed by atoms with Gasteiger partial charge in [0, 0.05) is 11.3 Å². The van der Waals surface area contributed by atoms with Gasteiger partial charge in [0.25, 0.3) is 0 Å². The minimum atomic E-state index is -3.54. The first-order chi connectivity index (χ1) is 8.80. The van der Waals surface area contributed by atoms with Gasteiger partial charge in [-0.05, 0) is 43.7 Å². The van der Waals surface area contributed by atoms with Crippen molar-refractivity contribution in [2.45, 2.75) is 29.4 Å². The number of nitrogens with one attached hydrogen (secondary N) is 1. The molecule has 0 aromatic heterocycles. The van der Waals surface area contributed by atoms with E-state index in [4.69, 9.17) is 17.3 Å². The largest absolute Gasteiger partial charge is 0.397 e. The molecular formula is C12H17ClN2O2S2. The summed E-state index contributed by atoms with van der Waals surface area (Å²) < 4.78 is 27.3. The molecule has 4 nitrogen and oxygen atoms in total. The SMILES string of the molecule is CSC1(CNS(=O)(=O)c2cc(N)c(Cl)cc2C)CC1. The zero-order chi connectivity index (χ0) is 14.3. The van der Waals surface area contributed by atoms with Gasteiger partial charge >= 0.3 is 0 Å². The number of hydrogen-bond acceptors (Lipinski definition) is 4. The fourth-order valence-electron chi connectivity index (χ4n) is 1.85. The van der Waals surface area contributed by atoms with Gasteiger partial charge in [-0.25, -0.2) is 13.1 Å². The van der Waals surface area contributed by atoms with Crippen LogP contribution in [0.1, 0.15) is 18.4 Å². The lowest BCUT2D eigenvalue weighted by Gasteiger charge is -2.15. The lowest BCUT2D eigenvalue weighted by Crippen LogP contribution is -2.32. The third-order valence-corrected chi connectivity index (χ3v) is 6.70. The van der Waals surface area contributed by atoms with Crippen molar-refractivity contribution in [3.63, 3.8) is 0 Å². The Bertz CT molecular complexity index is 598. The van der Waals surface area contributed by atoms with E-state index in [1.165, 1.54) is 6.07 Å². The monoisotopic (exact) mass is 320 g/mol. The molecule has 0 atom stereocenters. The van der Waals surface area contributed by atoms with Gasteiger partial charge in [0.05, 0.1) is 15.6 Å². The summed E-state index contributed by atoms with van der Waals surface area (Å²) in [6, 6.07) is 2.99. The Morgan fingerprint density at radius 2 is 2.11 bits per heavy atom. The quantitative estimate of drug-likeness (QED) is 0.817. The summed E-state index contributed by atoms with van der Waals surface area (Å²) in [5, 5.41) is 0.374. The molecule has 3 N–H and O–H groups in total. The number of halogens is 1. The highest BCUT2D eigenvalue weighted by Gasteiger charge is 2.42. The minimum absolute atomic E-state index is 0.0823. The first-order valence-electron chi connectivity index (χ1n) is 5.90. The summed E-state index contributed by atoms with van der Waals surface area (Å²) in [5.74, 6) is 0. The maximum absolute atomic E-state index is 12.3. The Balaban J connectivity index is 2.22. The van der Waals surface area contributed by atoms with E-state index in [2.05, 4.69) is 4.72 Å². The Labute approximate surface area is 123 Å². The fourth-order valence-corrected chi connectivity index (χ4v) is 4.28. The molecule has 0 radical (unpaired) electrons. The number of rotatable bonds is 5. The van der Waals surface area contributed by atoms with E-state index in [-0.39, 0.29) is 15.3 Å². The lowest BCUT2D eigenvalue weighted by atomic mass is 10.2. The van der Waals surface area contributed by atoms with Crippen LogP contribution in [0.3, 0.4) is 0 Å². The molecule has 0 amide bonds. The number of nitrogen functional groups attached to an aromatic ring is 1. The van der Waals surface area contributed by atoms with Crippen molar-refractivity contribution in [2.24, 2.45) is 0 Å². The number of sulfonamides is 1. The first-order valence-corrected chi connectivity index (χ1v) is 8.99.